The summed E-state index contributed by atoms with van der Waals surface area (Å²) in [6.45, 7) is 33.1. The minimum atomic E-state index is -2.64. The van der Waals surface area contributed by atoms with Gasteiger partial charge in [-0.25, -0.2) is 23.7 Å². The van der Waals surface area contributed by atoms with Gasteiger partial charge in [0.15, 0.2) is 0 Å². The molecule has 678 valence electrons. The fraction of sp³-hybridized carbons (Fsp3) is 0.598. The van der Waals surface area contributed by atoms with Crippen LogP contribution in [0.5, 0.6) is 17.6 Å². The van der Waals surface area contributed by atoms with Gasteiger partial charge < -0.3 is 90.2 Å². The Morgan fingerprint density at radius 2 is 0.579 bits per heavy atom. The number of carbonyl (C=O) groups excluding carboxylic acids is 6. The number of aryl methyl sites for hydroxylation is 3. The van der Waals surface area contributed by atoms with Gasteiger partial charge in [0.1, 0.15) is 18.3 Å². The number of rotatable bonds is 18. The zero-order chi connectivity index (χ0) is 87.4. The lowest BCUT2D eigenvalue weighted by Gasteiger charge is -2.36. The molecule has 0 radical (unpaired) electrons. The van der Waals surface area contributed by atoms with Crippen molar-refractivity contribution in [3.05, 3.63) is 158 Å². The van der Waals surface area contributed by atoms with Gasteiger partial charge in [-0.3, -0.25) is 28.8 Å². The third-order valence-electron chi connectivity index (χ3n) is 27.9. The summed E-state index contributed by atoms with van der Waals surface area (Å²) in [5, 5.41) is 20.1. The van der Waals surface area contributed by atoms with Crippen molar-refractivity contribution >= 4 is 52.5 Å². The average Bonchev–Trinajstić information content (AvgIpc) is 1.01. The highest BCUT2D eigenvalue weighted by Gasteiger charge is 2.40. The van der Waals surface area contributed by atoms with Gasteiger partial charge in [-0.05, 0) is 224 Å². The molecule has 6 aromatic rings. The first kappa shape index (κ1) is 89.7. The number of ether oxygens (including phenoxy) is 3. The van der Waals surface area contributed by atoms with E-state index in [1.165, 1.54) is 12.8 Å². The molecule has 3 aromatic heterocycles. The van der Waals surface area contributed by atoms with Crippen LogP contribution in [-0.2, 0) is 0 Å². The summed E-state index contributed by atoms with van der Waals surface area (Å²) >= 11 is 0. The molecule has 27 nitrogen and oxygen atoms in total. The number of pyridine rings is 3. The molecule has 3 aliphatic carbocycles. The third-order valence-corrected chi connectivity index (χ3v) is 27.9. The Bertz CT molecular complexity index is 4560. The van der Waals surface area contributed by atoms with E-state index < -0.39 is 5.92 Å². The van der Waals surface area contributed by atoms with Crippen molar-refractivity contribution in [2.24, 2.45) is 5.41 Å². The second kappa shape index (κ2) is 41.2. The number of hydrogen-bond donors (Lipinski definition) is 6. The number of alkyl halides is 2. The molecule has 126 heavy (non-hydrogen) atoms. The fourth-order valence-electron chi connectivity index (χ4n) is 20.3. The first-order valence-corrected chi connectivity index (χ1v) is 47.0. The van der Waals surface area contributed by atoms with Crippen LogP contribution in [0.2, 0.25) is 0 Å². The van der Waals surface area contributed by atoms with E-state index in [1.54, 1.807) is 23.5 Å². The number of piperazine rings is 6. The summed E-state index contributed by atoms with van der Waals surface area (Å²) in [6, 6.07) is 24.3. The van der Waals surface area contributed by atoms with Gasteiger partial charge in [0, 0.05) is 259 Å². The van der Waals surface area contributed by atoms with Crippen LogP contribution < -0.4 is 60.8 Å². The van der Waals surface area contributed by atoms with Crippen LogP contribution in [-0.4, -0.2) is 300 Å². The van der Waals surface area contributed by atoms with E-state index in [0.717, 1.165) is 231 Å². The summed E-state index contributed by atoms with van der Waals surface area (Å²) in [5.74, 6) is -0.280. The van der Waals surface area contributed by atoms with Crippen molar-refractivity contribution in [2.75, 3.05) is 211 Å². The quantitative estimate of drug-likeness (QED) is 0.0467. The molecule has 3 saturated carbocycles. The topological polar surface area (TPSA) is 270 Å². The van der Waals surface area contributed by atoms with Crippen LogP contribution in [0, 0.1) is 26.2 Å². The van der Waals surface area contributed by atoms with Crippen molar-refractivity contribution in [2.45, 2.75) is 173 Å². The van der Waals surface area contributed by atoms with Gasteiger partial charge in [0.25, 0.3) is 35.4 Å². The summed E-state index contributed by atoms with van der Waals surface area (Å²) in [5.41, 5.74) is 13.6. The Labute approximate surface area is 741 Å². The number of amides is 6. The van der Waals surface area contributed by atoms with Crippen LogP contribution >= 0.6 is 0 Å². The highest BCUT2D eigenvalue weighted by molar-refractivity contribution is 5.99. The predicted octanol–water partition coefficient (Wildman–Crippen LogP) is 10.0. The van der Waals surface area contributed by atoms with Crippen LogP contribution in [0.25, 0.3) is 0 Å². The Balaban J connectivity index is 0.000000139. The molecule has 0 spiro atoms. The highest BCUT2D eigenvalue weighted by atomic mass is 19.3. The van der Waals surface area contributed by atoms with Crippen LogP contribution in [0.3, 0.4) is 0 Å². The Hall–Kier alpha value is -9.65. The average molecular weight is 1730 g/mol. The Kier molecular flexibility index (Phi) is 29.3. The maximum absolute atomic E-state index is 13.9. The van der Waals surface area contributed by atoms with Gasteiger partial charge in [0.2, 0.25) is 23.6 Å². The van der Waals surface area contributed by atoms with E-state index in [2.05, 4.69) is 102 Å². The van der Waals surface area contributed by atoms with Crippen molar-refractivity contribution < 1.29 is 51.8 Å². The molecular weight excluding hydrogens is 1600 g/mol. The van der Waals surface area contributed by atoms with Crippen molar-refractivity contribution in [1.82, 2.24) is 76.3 Å². The van der Waals surface area contributed by atoms with Gasteiger partial charge in [0.05, 0.1) is 16.7 Å². The van der Waals surface area contributed by atoms with Gasteiger partial charge in [-0.15, -0.1) is 0 Å². The van der Waals surface area contributed by atoms with Crippen molar-refractivity contribution in [3.8, 4) is 17.6 Å². The summed E-state index contributed by atoms with van der Waals surface area (Å²) in [7, 11) is 0. The number of benzene rings is 3. The number of nitrogens with one attached hydrogen (secondary N) is 6. The molecule has 9 saturated heterocycles. The molecule has 0 unspecified atom stereocenters. The number of aromatic nitrogens is 3. The SMILES string of the molecule is Cc1cc(C(=O)N2CCN(C(=O)c3cnc(O[C@H]4CCNC4)c(C4CCC(C)(C)CC4)c3)CC2)cc(N2CCNCC2)c1.Cc1cc(C(=O)N2CCN(C(=O)c3cnc(O[C@H]4CCNC4)c(C4CCC(F)(F)CC4)c3)CC2)cc(N2CCNCC2)c1.Cc1cc(C(=O)N2CCN(C(=O)c3cnc(O[C@H]4CCNC4)c(C4CCCC4)c3)CC2)cc(N2CCNCC2)c1. The number of hydrogen-bond acceptors (Lipinski definition) is 21. The molecule has 12 aliphatic rings. The molecule has 0 bridgehead atoms. The van der Waals surface area contributed by atoms with Crippen molar-refractivity contribution in [1.29, 1.82) is 0 Å². The van der Waals surface area contributed by atoms with E-state index >= 15 is 0 Å². The lowest BCUT2D eigenvalue weighted by Crippen LogP contribution is -2.50. The Morgan fingerprint density at radius 3 is 0.849 bits per heavy atom. The number of carbonyl (C=O) groups is 6. The molecule has 3 atom stereocenters. The molecule has 29 heteroatoms. The lowest BCUT2D eigenvalue weighted by molar-refractivity contribution is -0.0385. The van der Waals surface area contributed by atoms with Crippen LogP contribution in [0.4, 0.5) is 25.8 Å². The fourth-order valence-corrected chi connectivity index (χ4v) is 20.3. The third kappa shape index (κ3) is 22.5. The van der Waals surface area contributed by atoms with Crippen LogP contribution in [0.15, 0.2) is 91.4 Å². The Morgan fingerprint density at radius 1 is 0.317 bits per heavy atom. The van der Waals surface area contributed by atoms with E-state index in [9.17, 15) is 37.5 Å². The number of anilines is 3. The van der Waals surface area contributed by atoms with Crippen molar-refractivity contribution in [3.63, 3.8) is 0 Å². The largest absolute Gasteiger partial charge is 0.473 e. The minimum Gasteiger partial charge on any atom is -0.473 e. The van der Waals surface area contributed by atoms with Gasteiger partial charge in [-0.2, -0.15) is 0 Å². The molecule has 6 amide bonds. The molecule has 3 aromatic carbocycles. The maximum atomic E-state index is 13.9. The minimum absolute atomic E-state index is 0.00974. The second-order valence-electron chi connectivity index (χ2n) is 37.7. The zero-order valence-corrected chi connectivity index (χ0v) is 74.7. The highest BCUT2D eigenvalue weighted by Crippen LogP contribution is 2.47. The lowest BCUT2D eigenvalue weighted by atomic mass is 9.71. The smallest absolute Gasteiger partial charge is 0.255 e. The number of halogens is 2. The normalized spacial score (nSPS) is 22.7. The van der Waals surface area contributed by atoms with E-state index in [1.807, 2.05) is 86.9 Å². The molecule has 12 heterocycles. The molecular formula is C97H132F2N18O9. The zero-order valence-electron chi connectivity index (χ0n) is 74.7. The molecule has 9 aliphatic heterocycles. The van der Waals surface area contributed by atoms with Gasteiger partial charge >= 0.3 is 0 Å². The molecule has 6 N–H and O–H groups in total. The summed E-state index contributed by atoms with van der Waals surface area (Å²) in [6.07, 6.45) is 17.4. The maximum Gasteiger partial charge on any atom is 0.255 e. The van der Waals surface area contributed by atoms with E-state index in [4.69, 9.17) is 19.2 Å². The van der Waals surface area contributed by atoms with E-state index in [0.29, 0.717) is 155 Å². The summed E-state index contributed by atoms with van der Waals surface area (Å²) in [4.78, 5) is 113. The predicted molar refractivity (Wildman–Crippen MR) is 485 cm³/mol. The summed E-state index contributed by atoms with van der Waals surface area (Å²) < 4.78 is 46.8. The van der Waals surface area contributed by atoms with Gasteiger partial charge in [-0.1, -0.05) is 26.7 Å². The molecule has 12 fully saturated rings. The monoisotopic (exact) mass is 1730 g/mol. The number of nitrogens with zero attached hydrogens (tertiary/aromatic N) is 12. The molecule has 18 rings (SSSR count). The standard InChI is InChI=1S/C34H48N6O3.C32H42F2N6O3.C31H42N6O3/c1-24-18-26(20-28(19-24)38-12-10-35-11-13-38)32(41)39-14-16-40(17-15-39)33(42)27-21-30(25-4-7-34(2,3)8-5-25)31(37-22-27)43-29-6-9-36-23-29;1-22-16-24(18-26(17-22)38-10-8-35-9-11-38)30(41)39-12-14-40(15-13-39)31(42)25-19-28(23-2-5-32(33,34)6-3-23)29(37-20-25)43-27-4-7-36-21-27;1-22-16-24(18-26(17-22)35-10-8-32-9-11-35)30(38)36-12-14-37(15-13-36)31(39)25-19-28(23-4-2-3-5-23)29(34-20-25)40-27-6-7-33-21-27/h18-22,25,29,35-36H,4-17,23H2,1-3H3;16-20,23,27,35-36H,2-15,21H2,1H3;16-20,23,27,32-33H,2-15,21H2,1H3/t29-;2*27-/m000/s1. The first-order valence-electron chi connectivity index (χ1n) is 47.0. The first-order chi connectivity index (χ1) is 61.1. The van der Waals surface area contributed by atoms with E-state index in [-0.39, 0.29) is 72.5 Å². The second-order valence-corrected chi connectivity index (χ2v) is 37.7. The van der Waals surface area contributed by atoms with Crippen LogP contribution in [0.1, 0.15) is 223 Å².